The van der Waals surface area contributed by atoms with E-state index in [4.69, 9.17) is 4.74 Å². The molecular formula is C24H26FN3O2. The van der Waals surface area contributed by atoms with Crippen molar-refractivity contribution in [3.63, 3.8) is 0 Å². The molecule has 3 aromatic carbocycles. The zero-order chi connectivity index (χ0) is 21.5. The molecule has 3 aromatic rings. The van der Waals surface area contributed by atoms with E-state index >= 15 is 0 Å². The van der Waals surface area contributed by atoms with Crippen LogP contribution in [0.15, 0.2) is 72.8 Å². The fourth-order valence-corrected chi connectivity index (χ4v) is 2.98. The monoisotopic (exact) mass is 407 g/mol. The van der Waals surface area contributed by atoms with E-state index < -0.39 is 0 Å². The van der Waals surface area contributed by atoms with E-state index in [-0.39, 0.29) is 11.8 Å². The van der Waals surface area contributed by atoms with E-state index in [1.165, 1.54) is 12.1 Å². The summed E-state index contributed by atoms with van der Waals surface area (Å²) in [5.74, 6) is 0.396. The molecule has 3 rings (SSSR count). The van der Waals surface area contributed by atoms with Gasteiger partial charge in [-0.1, -0.05) is 12.1 Å². The summed E-state index contributed by atoms with van der Waals surface area (Å²) in [6, 6.07) is 20.8. The first-order valence-corrected chi connectivity index (χ1v) is 9.79. The number of hydrogen-bond donors (Lipinski definition) is 1. The lowest BCUT2D eigenvalue weighted by atomic mass is 10.1. The lowest BCUT2D eigenvalue weighted by molar-refractivity contribution is 0.256. The second-order valence-corrected chi connectivity index (χ2v) is 7.01. The van der Waals surface area contributed by atoms with Gasteiger partial charge >= 0.3 is 6.03 Å². The van der Waals surface area contributed by atoms with Gasteiger partial charge in [-0.3, -0.25) is 4.90 Å². The molecule has 30 heavy (non-hydrogen) atoms. The molecule has 1 N–H and O–H groups in total. The van der Waals surface area contributed by atoms with E-state index in [0.717, 1.165) is 17.0 Å². The first-order chi connectivity index (χ1) is 14.5. The molecule has 0 aromatic heterocycles. The van der Waals surface area contributed by atoms with Gasteiger partial charge in [0.1, 0.15) is 11.6 Å². The summed E-state index contributed by atoms with van der Waals surface area (Å²) in [4.78, 5) is 16.7. The van der Waals surface area contributed by atoms with Crippen molar-refractivity contribution < 1.29 is 13.9 Å². The van der Waals surface area contributed by atoms with Gasteiger partial charge in [0, 0.05) is 31.2 Å². The van der Waals surface area contributed by atoms with Crippen molar-refractivity contribution in [2.45, 2.75) is 13.5 Å². The summed E-state index contributed by atoms with van der Waals surface area (Å²) >= 11 is 0. The lowest BCUT2D eigenvalue weighted by Gasteiger charge is -2.24. The molecule has 0 aliphatic heterocycles. The van der Waals surface area contributed by atoms with Crippen LogP contribution in [0.3, 0.4) is 0 Å². The minimum absolute atomic E-state index is 0.303. The van der Waals surface area contributed by atoms with E-state index in [0.29, 0.717) is 24.5 Å². The summed E-state index contributed by atoms with van der Waals surface area (Å²) < 4.78 is 18.8. The van der Waals surface area contributed by atoms with E-state index in [2.05, 4.69) is 5.32 Å². The summed E-state index contributed by atoms with van der Waals surface area (Å²) in [5, 5.41) is 2.90. The zero-order valence-corrected chi connectivity index (χ0v) is 17.4. The number of carbonyl (C=O) groups excluding carboxylic acids is 1. The van der Waals surface area contributed by atoms with Gasteiger partial charge in [0.25, 0.3) is 0 Å². The highest BCUT2D eigenvalue weighted by Crippen LogP contribution is 2.22. The predicted molar refractivity (Wildman–Crippen MR) is 120 cm³/mol. The van der Waals surface area contributed by atoms with Crippen LogP contribution >= 0.6 is 0 Å². The molecule has 0 bridgehead atoms. The van der Waals surface area contributed by atoms with Gasteiger partial charge in [0.05, 0.1) is 13.2 Å². The van der Waals surface area contributed by atoms with Crippen molar-refractivity contribution in [2.75, 3.05) is 35.8 Å². The molecule has 5 nitrogen and oxygen atoms in total. The average Bonchev–Trinajstić information content (AvgIpc) is 2.74. The molecule has 0 atom stereocenters. The van der Waals surface area contributed by atoms with Crippen molar-refractivity contribution in [2.24, 2.45) is 0 Å². The van der Waals surface area contributed by atoms with E-state index in [1.807, 2.05) is 50.2 Å². The molecule has 0 saturated heterocycles. The Bertz CT molecular complexity index is 955. The van der Waals surface area contributed by atoms with Gasteiger partial charge in [0.15, 0.2) is 0 Å². The molecule has 0 fully saturated rings. The van der Waals surface area contributed by atoms with Crippen LogP contribution in [0.5, 0.6) is 5.75 Å². The summed E-state index contributed by atoms with van der Waals surface area (Å²) in [6.45, 7) is 2.85. The Hall–Kier alpha value is -3.54. The van der Waals surface area contributed by atoms with Gasteiger partial charge in [-0.25, -0.2) is 9.18 Å². The van der Waals surface area contributed by atoms with Gasteiger partial charge in [0.2, 0.25) is 0 Å². The number of rotatable bonds is 7. The Labute approximate surface area is 176 Å². The first kappa shape index (κ1) is 21.2. The number of amides is 2. The number of nitrogens with one attached hydrogen (secondary N) is 1. The number of benzene rings is 3. The van der Waals surface area contributed by atoms with Crippen LogP contribution in [0.25, 0.3) is 0 Å². The number of nitrogens with zero attached hydrogens (tertiary/aromatic N) is 2. The smallest absolute Gasteiger partial charge is 0.326 e. The van der Waals surface area contributed by atoms with Gasteiger partial charge < -0.3 is 15.0 Å². The second-order valence-electron chi connectivity index (χ2n) is 7.01. The maximum Gasteiger partial charge on any atom is 0.326 e. The maximum absolute atomic E-state index is 13.4. The number of carbonyl (C=O) groups is 1. The van der Waals surface area contributed by atoms with Crippen molar-refractivity contribution in [1.82, 2.24) is 0 Å². The Kier molecular flexibility index (Phi) is 6.91. The minimum atomic E-state index is -0.346. The van der Waals surface area contributed by atoms with Crippen LogP contribution in [0.1, 0.15) is 12.5 Å². The quantitative estimate of drug-likeness (QED) is 0.560. The molecule has 0 aliphatic carbocycles. The largest absolute Gasteiger partial charge is 0.494 e. The van der Waals surface area contributed by atoms with Crippen molar-refractivity contribution in [1.29, 1.82) is 0 Å². The SMILES string of the molecule is CCOc1ccc(NC(=O)N(Cc2ccc(N(C)C)cc2)c2ccc(F)cc2)cc1. The molecule has 0 radical (unpaired) electrons. The highest BCUT2D eigenvalue weighted by atomic mass is 19.1. The normalized spacial score (nSPS) is 10.4. The number of anilines is 3. The molecule has 0 unspecified atom stereocenters. The predicted octanol–water partition coefficient (Wildman–Crippen LogP) is 5.53. The topological polar surface area (TPSA) is 44.8 Å². The minimum Gasteiger partial charge on any atom is -0.494 e. The molecule has 0 heterocycles. The highest BCUT2D eigenvalue weighted by molar-refractivity contribution is 6.01. The fourth-order valence-electron chi connectivity index (χ4n) is 2.98. The average molecular weight is 407 g/mol. The van der Waals surface area contributed by atoms with Crippen molar-refractivity contribution in [3.05, 3.63) is 84.2 Å². The van der Waals surface area contributed by atoms with Crippen LogP contribution in [-0.2, 0) is 6.54 Å². The summed E-state index contributed by atoms with van der Waals surface area (Å²) in [7, 11) is 3.95. The van der Waals surface area contributed by atoms with Crippen LogP contribution in [0.2, 0.25) is 0 Å². The zero-order valence-electron chi connectivity index (χ0n) is 17.4. The van der Waals surface area contributed by atoms with Crippen LogP contribution in [0.4, 0.5) is 26.2 Å². The molecule has 6 heteroatoms. The third-order valence-electron chi connectivity index (χ3n) is 4.59. The Morgan fingerprint density at radius 3 is 2.07 bits per heavy atom. The third-order valence-corrected chi connectivity index (χ3v) is 4.59. The summed E-state index contributed by atoms with van der Waals surface area (Å²) in [6.07, 6.45) is 0. The molecule has 156 valence electrons. The highest BCUT2D eigenvalue weighted by Gasteiger charge is 2.17. The Morgan fingerprint density at radius 1 is 0.900 bits per heavy atom. The number of urea groups is 1. The standard InChI is InChI=1S/C24H26FN3O2/c1-4-30-23-15-9-20(10-16-23)26-24(29)28(22-13-7-19(25)8-14-22)17-18-5-11-21(12-6-18)27(2)3/h5-16H,4,17H2,1-3H3,(H,26,29). The Balaban J connectivity index is 1.81. The van der Waals surface area contributed by atoms with Crippen molar-refractivity contribution >= 4 is 23.1 Å². The summed E-state index contributed by atoms with van der Waals surface area (Å²) in [5.41, 5.74) is 3.30. The van der Waals surface area contributed by atoms with Gasteiger partial charge in [-0.2, -0.15) is 0 Å². The molecule has 0 spiro atoms. The number of ether oxygens (including phenoxy) is 1. The van der Waals surface area contributed by atoms with E-state index in [1.54, 1.807) is 41.3 Å². The van der Waals surface area contributed by atoms with Gasteiger partial charge in [-0.15, -0.1) is 0 Å². The third kappa shape index (κ3) is 5.50. The van der Waals surface area contributed by atoms with Crippen LogP contribution in [0, 0.1) is 5.82 Å². The number of hydrogen-bond acceptors (Lipinski definition) is 3. The maximum atomic E-state index is 13.4. The van der Waals surface area contributed by atoms with Crippen LogP contribution in [-0.4, -0.2) is 26.7 Å². The molecule has 2 amide bonds. The lowest BCUT2D eigenvalue weighted by Crippen LogP contribution is -2.34. The number of halogens is 1. The van der Waals surface area contributed by atoms with Crippen molar-refractivity contribution in [3.8, 4) is 5.75 Å². The van der Waals surface area contributed by atoms with Crippen LogP contribution < -0.4 is 19.9 Å². The molecule has 0 aliphatic rings. The molecular weight excluding hydrogens is 381 g/mol. The van der Waals surface area contributed by atoms with Gasteiger partial charge in [-0.05, 0) is 73.2 Å². The molecule has 0 saturated carbocycles. The second kappa shape index (κ2) is 9.78. The Morgan fingerprint density at radius 2 is 1.50 bits per heavy atom. The first-order valence-electron chi connectivity index (χ1n) is 9.79. The fraction of sp³-hybridized carbons (Fsp3) is 0.208. The van der Waals surface area contributed by atoms with E-state index in [9.17, 15) is 9.18 Å².